The minimum Gasteiger partial charge on any atom is -0.889 e. The fourth-order valence-electron chi connectivity index (χ4n) is 5.06. The van der Waals surface area contributed by atoms with Gasteiger partial charge in [0.2, 0.25) is 0 Å². The van der Waals surface area contributed by atoms with E-state index in [0.29, 0.717) is 6.42 Å². The summed E-state index contributed by atoms with van der Waals surface area (Å²) in [5, 5.41) is 21.2. The number of hydrogen-bond donors (Lipinski definition) is 2. The third-order valence-corrected chi connectivity index (χ3v) is 8.13. The first-order chi connectivity index (χ1) is 21.4. The Morgan fingerprint density at radius 1 is 0.455 bits per heavy atom. The highest BCUT2D eigenvalue weighted by Gasteiger charge is 2.07. The number of rotatable bonds is 28. The Balaban J connectivity index is -0.000000585. The lowest BCUT2D eigenvalue weighted by molar-refractivity contribution is -0.900. The zero-order valence-electron chi connectivity index (χ0n) is 30.6. The first kappa shape index (κ1) is 47.2. The van der Waals surface area contributed by atoms with Crippen molar-refractivity contribution < 1.29 is 29.4 Å². The molecule has 0 saturated carbocycles. The van der Waals surface area contributed by atoms with E-state index in [0.717, 1.165) is 19.3 Å². The molecule has 7 heteroatoms. The molecule has 0 saturated heterocycles. The van der Waals surface area contributed by atoms with Crippen LogP contribution in [0.2, 0.25) is 0 Å². The molecule has 0 rings (SSSR count). The Morgan fingerprint density at radius 3 is 1.00 bits per heavy atom. The molecule has 0 aromatic rings. The van der Waals surface area contributed by atoms with Gasteiger partial charge in [-0.1, -0.05) is 133 Å². The molecule has 0 aromatic heterocycles. The quantitative estimate of drug-likeness (QED) is 0.0561. The largest absolute Gasteiger partial charge is 0.889 e. The third-order valence-electron chi connectivity index (χ3n) is 8.13. The lowest BCUT2D eigenvalue weighted by Gasteiger charge is -2.27. The molecule has 0 aliphatic heterocycles. The van der Waals surface area contributed by atoms with Crippen LogP contribution in [-0.4, -0.2) is 58.3 Å². The van der Waals surface area contributed by atoms with Crippen LogP contribution in [0.1, 0.15) is 177 Å². The number of quaternary nitrogens is 2. The van der Waals surface area contributed by atoms with Crippen LogP contribution in [0.25, 0.3) is 0 Å². The van der Waals surface area contributed by atoms with Crippen molar-refractivity contribution in [1.82, 2.24) is 0 Å². The lowest BCUT2D eigenvalue weighted by atomic mass is 9.75. The number of unbranched alkanes of at least 4 members (excludes halogenated alkanes) is 12. The van der Waals surface area contributed by atoms with Gasteiger partial charge >= 0.3 is 0 Å². The molecule has 0 amide bonds. The van der Waals surface area contributed by atoms with Gasteiger partial charge in [0.15, 0.2) is 0 Å². The van der Waals surface area contributed by atoms with Crippen LogP contribution < -0.4 is 19.8 Å². The van der Waals surface area contributed by atoms with Gasteiger partial charge < -0.3 is 19.8 Å². The Kier molecular flexibility index (Phi) is 42.7. The van der Waals surface area contributed by atoms with Crippen LogP contribution in [-0.2, 0) is 9.59 Å². The van der Waals surface area contributed by atoms with Crippen LogP contribution >= 0.6 is 0 Å². The van der Waals surface area contributed by atoms with E-state index in [1.807, 2.05) is 9.80 Å². The molecule has 6 nitrogen and oxygen atoms in total. The van der Waals surface area contributed by atoms with Crippen molar-refractivity contribution in [1.29, 1.82) is 0 Å². The maximum Gasteiger partial charge on any atom is 0.127 e. The smallest absolute Gasteiger partial charge is 0.127 e. The van der Waals surface area contributed by atoms with Crippen LogP contribution in [0.5, 0.6) is 0 Å². The summed E-state index contributed by atoms with van der Waals surface area (Å²) in [6, 6.07) is 0. The molecule has 0 spiro atoms. The highest BCUT2D eigenvalue weighted by Crippen LogP contribution is 2.14. The first-order valence-corrected chi connectivity index (χ1v) is 18.8. The zero-order valence-corrected chi connectivity index (χ0v) is 30.6. The topological polar surface area (TPSA) is 89.1 Å². The van der Waals surface area contributed by atoms with E-state index < -0.39 is 12.6 Å². The van der Waals surface area contributed by atoms with E-state index in [-0.39, 0.29) is 12.0 Å². The fourth-order valence-corrected chi connectivity index (χ4v) is 5.06. The van der Waals surface area contributed by atoms with E-state index in [1.54, 1.807) is 0 Å². The molecule has 0 fully saturated rings. The Morgan fingerprint density at radius 2 is 0.750 bits per heavy atom. The summed E-state index contributed by atoms with van der Waals surface area (Å²) >= 11 is 0. The monoisotopic (exact) mass is 623 g/mol. The van der Waals surface area contributed by atoms with Gasteiger partial charge in [-0.05, 0) is 56.8 Å². The van der Waals surface area contributed by atoms with Crippen molar-refractivity contribution in [3.05, 3.63) is 11.0 Å². The van der Waals surface area contributed by atoms with Crippen LogP contribution in [0.4, 0.5) is 0 Å². The summed E-state index contributed by atoms with van der Waals surface area (Å²) in [4.78, 5) is 24.6. The van der Waals surface area contributed by atoms with Gasteiger partial charge in [-0.25, -0.2) is 9.59 Å². The molecular weight excluding hydrogens is 547 g/mol. The average molecular weight is 623 g/mol. The maximum absolute atomic E-state index is 10.6. The molecule has 2 N–H and O–H groups in total. The van der Waals surface area contributed by atoms with Gasteiger partial charge in [-0.15, -0.1) is 0 Å². The van der Waals surface area contributed by atoms with Crippen LogP contribution in [0.15, 0.2) is 11.0 Å². The van der Waals surface area contributed by atoms with E-state index in [2.05, 4.69) is 48.5 Å². The van der Waals surface area contributed by atoms with Gasteiger partial charge in [0, 0.05) is 5.57 Å². The number of hydrogen-bond acceptors (Lipinski definition) is 4. The van der Waals surface area contributed by atoms with Gasteiger partial charge in [-0.3, -0.25) is 0 Å². The van der Waals surface area contributed by atoms with Crippen molar-refractivity contribution in [2.75, 3.05) is 39.3 Å². The van der Waals surface area contributed by atoms with E-state index in [4.69, 9.17) is 0 Å². The van der Waals surface area contributed by atoms with Crippen molar-refractivity contribution in [2.24, 2.45) is 0 Å². The zero-order chi connectivity index (χ0) is 33.7. The predicted octanol–water partition coefficient (Wildman–Crippen LogP) is 4.93. The minimum absolute atomic E-state index is 0.103. The molecule has 0 radical (unpaired) electrons. The minimum atomic E-state index is -2.44. The SMILES string of the molecule is CCCCCCCCCC(=C=O)C(=C=O)B([O-])[O-].CCCC[NH+](CCCC)CCCC.CCCC[NH+](CCCC)CCCC. The second-order valence-electron chi connectivity index (χ2n) is 12.4. The molecule has 0 atom stereocenters. The highest BCUT2D eigenvalue weighted by atomic mass is 16.4. The van der Waals surface area contributed by atoms with Gasteiger partial charge in [0.25, 0.3) is 0 Å². The molecule has 0 aliphatic carbocycles. The van der Waals surface area contributed by atoms with Gasteiger partial charge in [-0.2, -0.15) is 0 Å². The average Bonchev–Trinajstić information content (AvgIpc) is 3.03. The Bertz CT molecular complexity index is 614. The summed E-state index contributed by atoms with van der Waals surface area (Å²) in [6.07, 6.45) is 24.2. The normalized spacial score (nSPS) is 10.4. The van der Waals surface area contributed by atoms with Crippen molar-refractivity contribution >= 4 is 19.0 Å². The van der Waals surface area contributed by atoms with Crippen LogP contribution in [0, 0.1) is 0 Å². The number of nitrogens with one attached hydrogen (secondary N) is 2. The molecule has 44 heavy (non-hydrogen) atoms. The highest BCUT2D eigenvalue weighted by molar-refractivity contribution is 6.51. The second-order valence-corrected chi connectivity index (χ2v) is 12.4. The van der Waals surface area contributed by atoms with Gasteiger partial charge in [0.1, 0.15) is 11.9 Å². The van der Waals surface area contributed by atoms with E-state index >= 15 is 0 Å². The third kappa shape index (κ3) is 33.7. The Hall–Kier alpha value is -1.20. The standard InChI is InChI=1S/C13H19BO4.2C12H27N/c1-2-3-4-5-6-7-8-9-12(10-15)13(11-16)14(17)18;2*1-4-7-10-13(11-8-5-2)12-9-6-3/h2-9H2,1H3;2*4-12H2,1-3H3/q-2;;/p+2. The maximum atomic E-state index is 10.6. The molecule has 260 valence electrons. The van der Waals surface area contributed by atoms with Crippen molar-refractivity contribution in [3.63, 3.8) is 0 Å². The van der Waals surface area contributed by atoms with E-state index in [1.165, 1.54) is 147 Å². The van der Waals surface area contributed by atoms with Gasteiger partial charge in [0.05, 0.1) is 39.3 Å². The van der Waals surface area contributed by atoms with Crippen LogP contribution in [0.3, 0.4) is 0 Å². The molecule has 0 aliphatic rings. The predicted molar refractivity (Wildman–Crippen MR) is 187 cm³/mol. The molecule has 0 aromatic carbocycles. The molecule has 0 unspecified atom stereocenters. The van der Waals surface area contributed by atoms with Crippen molar-refractivity contribution in [3.8, 4) is 0 Å². The Labute approximate surface area is 275 Å². The lowest BCUT2D eigenvalue weighted by Crippen LogP contribution is -3.12. The summed E-state index contributed by atoms with van der Waals surface area (Å²) in [5.74, 6) is 2.78. The summed E-state index contributed by atoms with van der Waals surface area (Å²) in [6.45, 7) is 24.3. The second kappa shape index (κ2) is 39.8. The summed E-state index contributed by atoms with van der Waals surface area (Å²) in [7, 11) is -2.44. The van der Waals surface area contributed by atoms with Crippen molar-refractivity contribution in [2.45, 2.75) is 177 Å². The van der Waals surface area contributed by atoms with E-state index in [9.17, 15) is 19.6 Å². The number of allylic oxidation sites excluding steroid dienone is 2. The summed E-state index contributed by atoms with van der Waals surface area (Å²) < 4.78 is 0. The molecule has 0 bridgehead atoms. The summed E-state index contributed by atoms with van der Waals surface area (Å²) in [5.41, 5.74) is -0.718. The first-order valence-electron chi connectivity index (χ1n) is 18.8. The molecule has 0 heterocycles. The fraction of sp³-hybridized carbons (Fsp3) is 0.892. The molecular formula is C37H75BN2O4. The number of carbonyl (C=O) groups excluding carboxylic acids is 2.